The molecule has 3 rings (SSSR count). The van der Waals surface area contributed by atoms with Gasteiger partial charge in [0.25, 0.3) is 0 Å². The van der Waals surface area contributed by atoms with Gasteiger partial charge in [0.2, 0.25) is 5.95 Å². The predicted octanol–water partition coefficient (Wildman–Crippen LogP) is 2.77. The topological polar surface area (TPSA) is 136 Å². The van der Waals surface area contributed by atoms with Crippen LogP contribution >= 0.6 is 0 Å². The first kappa shape index (κ1) is 26.8. The largest absolute Gasteiger partial charge is 0.461 e. The third-order valence-corrected chi connectivity index (χ3v) is 6.67. The van der Waals surface area contributed by atoms with Gasteiger partial charge in [-0.3, -0.25) is 0 Å². The van der Waals surface area contributed by atoms with Crippen molar-refractivity contribution in [1.29, 1.82) is 0 Å². The van der Waals surface area contributed by atoms with E-state index in [1.165, 1.54) is 5.06 Å². The van der Waals surface area contributed by atoms with Gasteiger partial charge in [-0.15, -0.1) is 25.5 Å². The summed E-state index contributed by atoms with van der Waals surface area (Å²) in [5.41, 5.74) is -2.29. The van der Waals surface area contributed by atoms with Crippen LogP contribution in [0.5, 0.6) is 12.0 Å². The summed E-state index contributed by atoms with van der Waals surface area (Å²) in [6.45, 7) is 15.2. The maximum atomic E-state index is 12.7. The van der Waals surface area contributed by atoms with Crippen molar-refractivity contribution in [1.82, 2.24) is 25.1 Å². The van der Waals surface area contributed by atoms with Crippen LogP contribution in [0, 0.1) is 0 Å². The van der Waals surface area contributed by atoms with Crippen LogP contribution in [-0.2, 0) is 10.4 Å². The molecule has 0 amide bonds. The van der Waals surface area contributed by atoms with Crippen LogP contribution in [0.1, 0.15) is 81.1 Å². The zero-order valence-corrected chi connectivity index (χ0v) is 21.7. The van der Waals surface area contributed by atoms with Crippen molar-refractivity contribution in [2.45, 2.75) is 115 Å². The summed E-state index contributed by atoms with van der Waals surface area (Å²) in [7, 11) is 0. The Bertz CT molecular complexity index is 764. The number of aliphatic hydroxyl groups excluding tert-OH is 1. The van der Waals surface area contributed by atoms with Crippen molar-refractivity contribution >= 4 is 5.95 Å². The minimum Gasteiger partial charge on any atom is -0.461 e. The Morgan fingerprint density at radius 1 is 0.824 bits per heavy atom. The average molecular weight is 481 g/mol. The third-order valence-electron chi connectivity index (χ3n) is 6.67. The zero-order chi connectivity index (χ0) is 25.5. The molecule has 0 unspecified atom stereocenters. The Kier molecular flexibility index (Phi) is 7.37. The molecule has 0 atom stereocenters. The second kappa shape index (κ2) is 9.34. The van der Waals surface area contributed by atoms with E-state index in [1.807, 2.05) is 55.4 Å². The summed E-state index contributed by atoms with van der Waals surface area (Å²) in [4.78, 5) is 13.1. The molecule has 11 nitrogen and oxygen atoms in total. The summed E-state index contributed by atoms with van der Waals surface area (Å²) in [5.74, 6) is 0.286. The average Bonchev–Trinajstić information content (AvgIpc) is 2.67. The number of hydroxylamine groups is 4. The van der Waals surface area contributed by atoms with Gasteiger partial charge in [0.05, 0.1) is 6.61 Å². The first-order valence-electron chi connectivity index (χ1n) is 11.9. The third kappa shape index (κ3) is 5.88. The number of ether oxygens (including phenoxy) is 2. The fourth-order valence-corrected chi connectivity index (χ4v) is 5.61. The Morgan fingerprint density at radius 3 is 1.79 bits per heavy atom. The summed E-state index contributed by atoms with van der Waals surface area (Å²) in [6, 6.07) is 0.0972. The van der Waals surface area contributed by atoms with Crippen LogP contribution in [0.2, 0.25) is 0 Å². The molecular formula is C23H40N6O5. The lowest BCUT2D eigenvalue weighted by atomic mass is 9.79. The number of rotatable bonds is 7. The first-order chi connectivity index (χ1) is 15.6. The van der Waals surface area contributed by atoms with Gasteiger partial charge in [0.15, 0.2) is 0 Å². The molecule has 1 aromatic rings. The summed E-state index contributed by atoms with van der Waals surface area (Å²) >= 11 is 0. The van der Waals surface area contributed by atoms with Crippen molar-refractivity contribution < 1.29 is 25.0 Å². The molecule has 1 aromatic heterocycles. The van der Waals surface area contributed by atoms with E-state index in [1.54, 1.807) is 0 Å². The maximum absolute atomic E-state index is 12.7. The van der Waals surface area contributed by atoms with Crippen LogP contribution in [0.4, 0.5) is 5.95 Å². The number of piperidine rings is 2. The fourth-order valence-electron chi connectivity index (χ4n) is 5.61. The van der Waals surface area contributed by atoms with Crippen LogP contribution < -0.4 is 14.8 Å². The minimum atomic E-state index is -0.597. The molecule has 2 N–H and O–H groups in total. The maximum Gasteiger partial charge on any atom is 0.324 e. The van der Waals surface area contributed by atoms with Crippen molar-refractivity contribution in [3.8, 4) is 12.0 Å². The molecular weight excluding hydrogens is 440 g/mol. The van der Waals surface area contributed by atoms with E-state index in [2.05, 4.69) is 20.3 Å². The molecule has 0 spiro atoms. The molecule has 0 aliphatic carbocycles. The summed E-state index contributed by atoms with van der Waals surface area (Å²) in [5, 5.41) is 40.2. The van der Waals surface area contributed by atoms with Gasteiger partial charge in [-0.1, -0.05) is 0 Å². The van der Waals surface area contributed by atoms with Crippen molar-refractivity contribution in [3.63, 3.8) is 0 Å². The Morgan fingerprint density at radius 2 is 1.29 bits per heavy atom. The first-order valence-corrected chi connectivity index (χ1v) is 11.9. The lowest BCUT2D eigenvalue weighted by molar-refractivity contribution is -0.297. The second-order valence-corrected chi connectivity index (χ2v) is 12.0. The highest BCUT2D eigenvalue weighted by atomic mass is 16.5. The van der Waals surface area contributed by atoms with E-state index < -0.39 is 22.2 Å². The van der Waals surface area contributed by atoms with E-state index in [0.29, 0.717) is 25.7 Å². The number of anilines is 1. The van der Waals surface area contributed by atoms with E-state index >= 15 is 0 Å². The van der Waals surface area contributed by atoms with Crippen LogP contribution in [0.15, 0.2) is 0 Å². The van der Waals surface area contributed by atoms with Gasteiger partial charge in [-0.25, -0.2) is 0 Å². The highest BCUT2D eigenvalue weighted by Gasteiger charge is 2.48. The number of aliphatic hydroxyl groups is 1. The van der Waals surface area contributed by atoms with E-state index in [-0.39, 0.29) is 43.3 Å². The van der Waals surface area contributed by atoms with Crippen molar-refractivity contribution in [3.05, 3.63) is 0 Å². The highest BCUT2D eigenvalue weighted by molar-refractivity contribution is 5.30. The molecule has 0 bridgehead atoms. The molecule has 192 valence electrons. The van der Waals surface area contributed by atoms with Gasteiger partial charge in [0, 0.05) is 41.0 Å². The monoisotopic (exact) mass is 480 g/mol. The molecule has 2 aliphatic heterocycles. The lowest BCUT2D eigenvalue weighted by Gasteiger charge is -2.50. The smallest absolute Gasteiger partial charge is 0.324 e. The molecule has 2 fully saturated rings. The molecule has 11 heteroatoms. The Balaban J connectivity index is 1.83. The van der Waals surface area contributed by atoms with Crippen molar-refractivity contribution in [2.75, 3.05) is 18.5 Å². The van der Waals surface area contributed by atoms with Crippen LogP contribution in [-0.4, -0.2) is 77.7 Å². The lowest BCUT2D eigenvalue weighted by Crippen LogP contribution is -2.60. The minimum absolute atomic E-state index is 0.0339. The Hall–Kier alpha value is -1.79. The SMILES string of the molecule is CC1(C)CC(Nc2nc(OCCO)nc(OC3CC(C)(C)N([O])C(C)(C)C3)n2)CC(C)(C)N1[O]. The van der Waals surface area contributed by atoms with Crippen LogP contribution in [0.3, 0.4) is 0 Å². The zero-order valence-electron chi connectivity index (χ0n) is 21.7. The standard InChI is InChI=1S/C23H40N6O5/c1-20(2)11-15(12-21(3,4)28(20)31)24-17-25-18(33-10-9-30)27-19(26-17)34-16-13-22(5,6)29(32)23(7,8)14-16/h15-16,30H,9-14H2,1-8H3,(H,24,25,26,27). The highest BCUT2D eigenvalue weighted by Crippen LogP contribution is 2.39. The van der Waals surface area contributed by atoms with Crippen molar-refractivity contribution in [2.24, 2.45) is 0 Å². The van der Waals surface area contributed by atoms with Gasteiger partial charge < -0.3 is 19.9 Å². The molecule has 0 aromatic carbocycles. The van der Waals surface area contributed by atoms with E-state index in [0.717, 1.165) is 5.06 Å². The number of nitrogens with zero attached hydrogens (tertiary/aromatic N) is 5. The van der Waals surface area contributed by atoms with E-state index in [4.69, 9.17) is 14.6 Å². The predicted molar refractivity (Wildman–Crippen MR) is 124 cm³/mol. The number of hydrogen-bond acceptors (Lipinski definition) is 9. The normalized spacial score (nSPS) is 25.1. The van der Waals surface area contributed by atoms with Gasteiger partial charge in [-0.05, 0) is 68.2 Å². The van der Waals surface area contributed by atoms with Crippen LogP contribution in [0.25, 0.3) is 0 Å². The number of aromatic nitrogens is 3. The van der Waals surface area contributed by atoms with Gasteiger partial charge in [0.1, 0.15) is 12.7 Å². The molecule has 3 heterocycles. The quantitative estimate of drug-likeness (QED) is 0.603. The number of nitrogens with one attached hydrogen (secondary N) is 1. The molecule has 0 saturated carbocycles. The number of hydrogen-bond donors (Lipinski definition) is 2. The molecule has 2 saturated heterocycles. The summed E-state index contributed by atoms with van der Waals surface area (Å²) in [6.07, 6.45) is 1.99. The second-order valence-electron chi connectivity index (χ2n) is 12.0. The van der Waals surface area contributed by atoms with Gasteiger partial charge >= 0.3 is 12.0 Å². The molecule has 2 radical (unpaired) electrons. The fraction of sp³-hybridized carbons (Fsp3) is 0.870. The molecule has 34 heavy (non-hydrogen) atoms. The van der Waals surface area contributed by atoms with E-state index in [9.17, 15) is 10.4 Å². The molecule has 2 aliphatic rings. The summed E-state index contributed by atoms with van der Waals surface area (Å²) < 4.78 is 11.6. The Labute approximate surface area is 202 Å². The van der Waals surface area contributed by atoms with Gasteiger partial charge in [-0.2, -0.15) is 9.97 Å².